The molecule has 0 bridgehead atoms. The molecule has 0 radical (unpaired) electrons. The minimum absolute atomic E-state index is 0.000680. The molecule has 0 fully saturated rings. The topological polar surface area (TPSA) is 55.4 Å². The second-order valence-electron chi connectivity index (χ2n) is 5.03. The molecule has 1 rings (SSSR count). The Bertz CT molecular complexity index is 491. The normalized spacial score (nSPS) is 13.5. The van der Waals surface area contributed by atoms with E-state index in [1.807, 2.05) is 20.8 Å². The fourth-order valence-corrected chi connectivity index (χ4v) is 3.34. The summed E-state index contributed by atoms with van der Waals surface area (Å²) in [5.74, 6) is 0.000680. The summed E-state index contributed by atoms with van der Waals surface area (Å²) in [7, 11) is -1.76. The molecule has 0 saturated carbocycles. The molecule has 0 unspecified atom stereocenters. The maximum Gasteiger partial charge on any atom is 0.214 e. The van der Waals surface area contributed by atoms with E-state index in [4.69, 9.17) is 4.74 Å². The van der Waals surface area contributed by atoms with Crippen LogP contribution in [0.25, 0.3) is 0 Å². The minimum atomic E-state index is -3.26. The largest absolute Gasteiger partial charge is 0.384 e. The van der Waals surface area contributed by atoms with E-state index in [1.165, 1.54) is 18.2 Å². The van der Waals surface area contributed by atoms with E-state index >= 15 is 0 Å². The first-order valence-electron chi connectivity index (χ1n) is 6.38. The highest BCUT2D eigenvalue weighted by Crippen LogP contribution is 2.11. The van der Waals surface area contributed by atoms with E-state index in [-0.39, 0.29) is 18.4 Å². The summed E-state index contributed by atoms with van der Waals surface area (Å²) in [5, 5.41) is 0. The first-order chi connectivity index (χ1) is 8.82. The first-order valence-corrected chi connectivity index (χ1v) is 8.04. The van der Waals surface area contributed by atoms with Gasteiger partial charge in [-0.1, -0.05) is 29.3 Å². The van der Waals surface area contributed by atoms with Crippen molar-refractivity contribution in [1.82, 2.24) is 4.72 Å². The number of nitrogens with one attached hydrogen (secondary N) is 1. The number of methoxy groups -OCH3 is 1. The lowest BCUT2D eigenvalue weighted by Gasteiger charge is -2.15. The van der Waals surface area contributed by atoms with Gasteiger partial charge in [0, 0.05) is 13.2 Å². The number of sulfonamides is 1. The third kappa shape index (κ3) is 6.18. The van der Waals surface area contributed by atoms with E-state index in [0.29, 0.717) is 6.42 Å². The van der Waals surface area contributed by atoms with Crippen LogP contribution in [0.15, 0.2) is 18.2 Å². The van der Waals surface area contributed by atoms with Gasteiger partial charge in [0.25, 0.3) is 0 Å². The SMILES string of the molecule is COCCS(=O)(=O)N[C@H](C)Cc1cc(C)cc(C)c1. The standard InChI is InChI=1S/C14H23NO3S/c1-11-7-12(2)9-14(8-11)10-13(3)15-19(16,17)6-5-18-4/h7-9,13,15H,5-6,10H2,1-4H3/t13-/m1/s1. The van der Waals surface area contributed by atoms with Crippen LogP contribution in [0.1, 0.15) is 23.6 Å². The quantitative estimate of drug-likeness (QED) is 0.831. The summed E-state index contributed by atoms with van der Waals surface area (Å²) in [6.07, 6.45) is 0.689. The Morgan fingerprint density at radius 3 is 2.32 bits per heavy atom. The average molecular weight is 285 g/mol. The van der Waals surface area contributed by atoms with Crippen LogP contribution in [0.4, 0.5) is 0 Å². The molecule has 0 aliphatic rings. The maximum absolute atomic E-state index is 11.7. The molecule has 19 heavy (non-hydrogen) atoms. The second kappa shape index (κ2) is 7.03. The van der Waals surface area contributed by atoms with Gasteiger partial charge in [0.2, 0.25) is 10.0 Å². The Hall–Kier alpha value is -0.910. The van der Waals surface area contributed by atoms with E-state index in [2.05, 4.69) is 22.9 Å². The van der Waals surface area contributed by atoms with Crippen molar-refractivity contribution in [3.8, 4) is 0 Å². The van der Waals surface area contributed by atoms with Gasteiger partial charge in [-0.15, -0.1) is 0 Å². The van der Waals surface area contributed by atoms with Crippen LogP contribution in [0, 0.1) is 13.8 Å². The van der Waals surface area contributed by atoms with Gasteiger partial charge in [0.05, 0.1) is 12.4 Å². The number of hydrogen-bond donors (Lipinski definition) is 1. The molecule has 1 N–H and O–H groups in total. The monoisotopic (exact) mass is 285 g/mol. The van der Waals surface area contributed by atoms with E-state index in [0.717, 1.165) is 5.56 Å². The van der Waals surface area contributed by atoms with Gasteiger partial charge in [-0.3, -0.25) is 0 Å². The van der Waals surface area contributed by atoms with E-state index in [9.17, 15) is 8.42 Å². The zero-order chi connectivity index (χ0) is 14.5. The van der Waals surface area contributed by atoms with Crippen molar-refractivity contribution in [3.63, 3.8) is 0 Å². The Balaban J connectivity index is 2.62. The van der Waals surface area contributed by atoms with Crippen LogP contribution in [0.3, 0.4) is 0 Å². The Morgan fingerprint density at radius 1 is 1.21 bits per heavy atom. The molecular formula is C14H23NO3S. The lowest BCUT2D eigenvalue weighted by Crippen LogP contribution is -2.36. The van der Waals surface area contributed by atoms with Crippen LogP contribution >= 0.6 is 0 Å². The molecular weight excluding hydrogens is 262 g/mol. The molecule has 1 atom stereocenters. The molecule has 1 aromatic carbocycles. The van der Waals surface area contributed by atoms with Crippen molar-refractivity contribution >= 4 is 10.0 Å². The van der Waals surface area contributed by atoms with Gasteiger partial charge in [-0.25, -0.2) is 13.1 Å². The number of ether oxygens (including phenoxy) is 1. The fourth-order valence-electron chi connectivity index (χ4n) is 2.14. The third-order valence-electron chi connectivity index (χ3n) is 2.76. The van der Waals surface area contributed by atoms with E-state index < -0.39 is 10.0 Å². The summed E-state index contributed by atoms with van der Waals surface area (Å²) in [6.45, 7) is 6.18. The first kappa shape index (κ1) is 16.1. The summed E-state index contributed by atoms with van der Waals surface area (Å²) >= 11 is 0. The Labute approximate surface area is 116 Å². The molecule has 0 amide bonds. The van der Waals surface area contributed by atoms with Crippen LogP contribution < -0.4 is 4.72 Å². The van der Waals surface area contributed by atoms with Crippen LogP contribution in [-0.4, -0.2) is 33.9 Å². The van der Waals surface area contributed by atoms with Gasteiger partial charge < -0.3 is 4.74 Å². The molecule has 0 aliphatic heterocycles. The predicted octanol–water partition coefficient (Wildman–Crippen LogP) is 1.80. The predicted molar refractivity (Wildman–Crippen MR) is 77.9 cm³/mol. The average Bonchev–Trinajstić information content (AvgIpc) is 2.23. The highest BCUT2D eigenvalue weighted by molar-refractivity contribution is 7.89. The molecule has 108 valence electrons. The van der Waals surface area contributed by atoms with E-state index in [1.54, 1.807) is 0 Å². The van der Waals surface area contributed by atoms with Gasteiger partial charge in [-0.05, 0) is 32.8 Å². The van der Waals surface area contributed by atoms with Crippen LogP contribution in [0.2, 0.25) is 0 Å². The van der Waals surface area contributed by atoms with Crippen molar-refractivity contribution in [2.24, 2.45) is 0 Å². The third-order valence-corrected chi connectivity index (χ3v) is 4.23. The van der Waals surface area contributed by atoms with Crippen molar-refractivity contribution in [3.05, 3.63) is 34.9 Å². The molecule has 0 saturated heterocycles. The van der Waals surface area contributed by atoms with Gasteiger partial charge >= 0.3 is 0 Å². The lowest BCUT2D eigenvalue weighted by atomic mass is 10.0. The molecule has 0 spiro atoms. The maximum atomic E-state index is 11.7. The van der Waals surface area contributed by atoms with Gasteiger partial charge in [-0.2, -0.15) is 0 Å². The van der Waals surface area contributed by atoms with Crippen molar-refractivity contribution < 1.29 is 13.2 Å². The highest BCUT2D eigenvalue weighted by atomic mass is 32.2. The molecule has 1 aromatic rings. The highest BCUT2D eigenvalue weighted by Gasteiger charge is 2.14. The number of rotatable bonds is 7. The summed E-state index contributed by atoms with van der Waals surface area (Å²) in [5.41, 5.74) is 3.55. The minimum Gasteiger partial charge on any atom is -0.384 e. The van der Waals surface area contributed by atoms with Gasteiger partial charge in [0.15, 0.2) is 0 Å². The lowest BCUT2D eigenvalue weighted by molar-refractivity contribution is 0.216. The van der Waals surface area contributed by atoms with Crippen molar-refractivity contribution in [1.29, 1.82) is 0 Å². The number of aryl methyl sites for hydroxylation is 2. The summed E-state index contributed by atoms with van der Waals surface area (Å²) in [4.78, 5) is 0. The molecule has 4 nitrogen and oxygen atoms in total. The molecule has 0 heterocycles. The summed E-state index contributed by atoms with van der Waals surface area (Å²) < 4.78 is 30.9. The van der Waals surface area contributed by atoms with Gasteiger partial charge in [0.1, 0.15) is 0 Å². The second-order valence-corrected chi connectivity index (χ2v) is 6.90. The molecule has 0 aliphatic carbocycles. The molecule has 5 heteroatoms. The molecule has 0 aromatic heterocycles. The number of hydrogen-bond acceptors (Lipinski definition) is 3. The Kier molecular flexibility index (Phi) is 5.97. The smallest absolute Gasteiger partial charge is 0.214 e. The summed E-state index contributed by atoms with van der Waals surface area (Å²) in [6, 6.07) is 6.17. The fraction of sp³-hybridized carbons (Fsp3) is 0.571. The zero-order valence-electron chi connectivity index (χ0n) is 12.1. The van der Waals surface area contributed by atoms with Crippen molar-refractivity contribution in [2.75, 3.05) is 19.5 Å². The van der Waals surface area contributed by atoms with Crippen LogP contribution in [0.5, 0.6) is 0 Å². The number of benzene rings is 1. The Morgan fingerprint density at radius 2 is 1.79 bits per heavy atom. The van der Waals surface area contributed by atoms with Crippen LogP contribution in [-0.2, 0) is 21.2 Å². The van der Waals surface area contributed by atoms with Crippen molar-refractivity contribution in [2.45, 2.75) is 33.2 Å². The zero-order valence-corrected chi connectivity index (χ0v) is 12.9.